The van der Waals surface area contributed by atoms with Gasteiger partial charge in [0.1, 0.15) is 0 Å². The number of rotatable bonds is 6. The summed E-state index contributed by atoms with van der Waals surface area (Å²) < 4.78 is 0. The van der Waals surface area contributed by atoms with Gasteiger partial charge in [0.2, 0.25) is 5.91 Å². The summed E-state index contributed by atoms with van der Waals surface area (Å²) >= 11 is 6.15. The maximum Gasteiger partial charge on any atom is 0.223 e. The highest BCUT2D eigenvalue weighted by molar-refractivity contribution is 6.31. The lowest BCUT2D eigenvalue weighted by Crippen LogP contribution is -2.28. The van der Waals surface area contributed by atoms with Gasteiger partial charge in [-0.15, -0.1) is 0 Å². The van der Waals surface area contributed by atoms with Gasteiger partial charge in [0, 0.05) is 17.5 Å². The Labute approximate surface area is 119 Å². The molecule has 0 aromatic heterocycles. The molecule has 1 N–H and O–H groups in total. The number of benzene rings is 1. The van der Waals surface area contributed by atoms with Crippen molar-refractivity contribution in [2.24, 2.45) is 5.92 Å². The van der Waals surface area contributed by atoms with Crippen molar-refractivity contribution < 1.29 is 4.79 Å². The Hall–Kier alpha value is -1.06. The van der Waals surface area contributed by atoms with Gasteiger partial charge in [-0.05, 0) is 51.0 Å². The van der Waals surface area contributed by atoms with Crippen LogP contribution in [0, 0.1) is 5.92 Å². The van der Waals surface area contributed by atoms with Crippen LogP contribution in [0.15, 0.2) is 24.3 Å². The predicted octanol–water partition coefficient (Wildman–Crippen LogP) is 2.51. The van der Waals surface area contributed by atoms with Crippen molar-refractivity contribution in [3.05, 3.63) is 34.9 Å². The second-order valence-corrected chi connectivity index (χ2v) is 5.83. The molecule has 2 rings (SSSR count). The number of nitrogens with zero attached hydrogens (tertiary/aromatic N) is 1. The van der Waals surface area contributed by atoms with E-state index >= 15 is 0 Å². The Morgan fingerprint density at radius 1 is 1.42 bits per heavy atom. The van der Waals surface area contributed by atoms with Crippen molar-refractivity contribution in [2.75, 3.05) is 27.2 Å². The molecular weight excluding hydrogens is 260 g/mol. The minimum Gasteiger partial charge on any atom is -0.356 e. The normalized spacial score (nSPS) is 21.5. The third kappa shape index (κ3) is 3.95. The third-order valence-corrected chi connectivity index (χ3v) is 3.86. The molecule has 1 amide bonds. The van der Waals surface area contributed by atoms with Crippen LogP contribution in [-0.2, 0) is 4.79 Å². The van der Waals surface area contributed by atoms with E-state index in [4.69, 9.17) is 11.6 Å². The van der Waals surface area contributed by atoms with Crippen LogP contribution in [0.4, 0.5) is 0 Å². The summed E-state index contributed by atoms with van der Waals surface area (Å²) in [6.07, 6.45) is 1.91. The summed E-state index contributed by atoms with van der Waals surface area (Å²) in [6, 6.07) is 7.81. The van der Waals surface area contributed by atoms with Gasteiger partial charge in [-0.1, -0.05) is 29.8 Å². The molecule has 0 bridgehead atoms. The molecule has 0 heterocycles. The van der Waals surface area contributed by atoms with Crippen LogP contribution in [0.1, 0.15) is 24.3 Å². The molecule has 2 atom stereocenters. The number of amides is 1. The van der Waals surface area contributed by atoms with Crippen molar-refractivity contribution in [3.63, 3.8) is 0 Å². The second-order valence-electron chi connectivity index (χ2n) is 5.42. The molecule has 1 fully saturated rings. The Bertz CT molecular complexity index is 448. The average Bonchev–Trinajstić information content (AvgIpc) is 3.15. The van der Waals surface area contributed by atoms with Gasteiger partial charge in [0.05, 0.1) is 0 Å². The highest BCUT2D eigenvalue weighted by Gasteiger charge is 2.44. The summed E-state index contributed by atoms with van der Waals surface area (Å²) in [5.41, 5.74) is 1.11. The Morgan fingerprint density at radius 2 is 2.16 bits per heavy atom. The fourth-order valence-corrected chi connectivity index (χ4v) is 2.62. The van der Waals surface area contributed by atoms with E-state index < -0.39 is 0 Å². The molecule has 0 radical (unpaired) electrons. The molecule has 0 saturated heterocycles. The van der Waals surface area contributed by atoms with Gasteiger partial charge in [0.25, 0.3) is 0 Å². The molecule has 104 valence electrons. The predicted molar refractivity (Wildman–Crippen MR) is 78.5 cm³/mol. The molecule has 3 nitrogen and oxygen atoms in total. The van der Waals surface area contributed by atoms with E-state index in [9.17, 15) is 4.79 Å². The van der Waals surface area contributed by atoms with Gasteiger partial charge in [0.15, 0.2) is 0 Å². The summed E-state index contributed by atoms with van der Waals surface area (Å²) in [5.74, 6) is 0.588. The van der Waals surface area contributed by atoms with Crippen LogP contribution in [0.2, 0.25) is 5.02 Å². The zero-order valence-electron chi connectivity index (χ0n) is 11.5. The van der Waals surface area contributed by atoms with E-state index in [0.717, 1.165) is 36.5 Å². The lowest BCUT2D eigenvalue weighted by molar-refractivity contribution is -0.122. The lowest BCUT2D eigenvalue weighted by atomic mass is 10.1. The number of hydrogen-bond acceptors (Lipinski definition) is 2. The molecule has 0 aliphatic heterocycles. The largest absolute Gasteiger partial charge is 0.356 e. The summed E-state index contributed by atoms with van der Waals surface area (Å²) in [7, 11) is 4.08. The van der Waals surface area contributed by atoms with Crippen LogP contribution in [0.5, 0.6) is 0 Å². The smallest absolute Gasteiger partial charge is 0.223 e. The van der Waals surface area contributed by atoms with Crippen molar-refractivity contribution in [2.45, 2.75) is 18.8 Å². The van der Waals surface area contributed by atoms with Crippen molar-refractivity contribution in [1.29, 1.82) is 0 Å². The lowest BCUT2D eigenvalue weighted by Gasteiger charge is -2.10. The summed E-state index contributed by atoms with van der Waals surface area (Å²) in [6.45, 7) is 1.75. The second kappa shape index (κ2) is 6.40. The molecule has 1 aromatic rings. The SMILES string of the molecule is CN(C)CCCNC(=O)C1CC1c1ccccc1Cl. The van der Waals surface area contributed by atoms with Crippen LogP contribution in [-0.4, -0.2) is 38.0 Å². The number of halogens is 1. The van der Waals surface area contributed by atoms with Crippen molar-refractivity contribution in [1.82, 2.24) is 10.2 Å². The van der Waals surface area contributed by atoms with Gasteiger partial charge in [-0.25, -0.2) is 0 Å². The van der Waals surface area contributed by atoms with Crippen molar-refractivity contribution in [3.8, 4) is 0 Å². The molecule has 2 unspecified atom stereocenters. The minimum atomic E-state index is 0.110. The first kappa shape index (κ1) is 14.4. The maximum absolute atomic E-state index is 12.0. The zero-order valence-corrected chi connectivity index (χ0v) is 12.3. The molecule has 19 heavy (non-hydrogen) atoms. The van der Waals surface area contributed by atoms with E-state index in [1.807, 2.05) is 38.4 Å². The Kier molecular flexibility index (Phi) is 4.83. The standard InChI is InChI=1S/C15H21ClN2O/c1-18(2)9-5-8-17-15(19)13-10-12(13)11-6-3-4-7-14(11)16/h3-4,6-7,12-13H,5,8-10H2,1-2H3,(H,17,19). The number of nitrogens with one attached hydrogen (secondary N) is 1. The molecule has 1 aromatic carbocycles. The monoisotopic (exact) mass is 280 g/mol. The van der Waals surface area contributed by atoms with Gasteiger partial charge < -0.3 is 10.2 Å². The first-order valence-corrected chi connectivity index (χ1v) is 7.14. The molecule has 1 aliphatic rings. The number of carbonyl (C=O) groups is 1. The number of carbonyl (C=O) groups excluding carboxylic acids is 1. The van der Waals surface area contributed by atoms with Crippen LogP contribution in [0.3, 0.4) is 0 Å². The minimum absolute atomic E-state index is 0.110. The molecule has 1 aliphatic carbocycles. The fraction of sp³-hybridized carbons (Fsp3) is 0.533. The molecular formula is C15H21ClN2O. The first-order chi connectivity index (χ1) is 9.09. The summed E-state index contributed by atoms with van der Waals surface area (Å²) in [4.78, 5) is 14.1. The quantitative estimate of drug-likeness (QED) is 0.812. The Morgan fingerprint density at radius 3 is 2.84 bits per heavy atom. The zero-order chi connectivity index (χ0) is 13.8. The van der Waals surface area contributed by atoms with Gasteiger partial charge in [-0.3, -0.25) is 4.79 Å². The highest BCUT2D eigenvalue weighted by Crippen LogP contribution is 2.49. The van der Waals surface area contributed by atoms with E-state index in [1.165, 1.54) is 0 Å². The topological polar surface area (TPSA) is 32.3 Å². The van der Waals surface area contributed by atoms with Crippen molar-refractivity contribution >= 4 is 17.5 Å². The fourth-order valence-electron chi connectivity index (χ4n) is 2.34. The van der Waals surface area contributed by atoms with Gasteiger partial charge >= 0.3 is 0 Å². The van der Waals surface area contributed by atoms with E-state index in [2.05, 4.69) is 10.2 Å². The van der Waals surface area contributed by atoms with E-state index in [0.29, 0.717) is 5.92 Å². The maximum atomic E-state index is 12.0. The van der Waals surface area contributed by atoms with Crippen LogP contribution < -0.4 is 5.32 Å². The van der Waals surface area contributed by atoms with E-state index in [1.54, 1.807) is 0 Å². The molecule has 1 saturated carbocycles. The molecule has 0 spiro atoms. The number of hydrogen-bond donors (Lipinski definition) is 1. The van der Waals surface area contributed by atoms with Crippen LogP contribution in [0.25, 0.3) is 0 Å². The average molecular weight is 281 g/mol. The van der Waals surface area contributed by atoms with E-state index in [-0.39, 0.29) is 11.8 Å². The first-order valence-electron chi connectivity index (χ1n) is 6.76. The Balaban J connectivity index is 1.76. The van der Waals surface area contributed by atoms with Crippen LogP contribution >= 0.6 is 11.6 Å². The van der Waals surface area contributed by atoms with Gasteiger partial charge in [-0.2, -0.15) is 0 Å². The summed E-state index contributed by atoms with van der Waals surface area (Å²) in [5, 5.41) is 3.78. The molecule has 4 heteroatoms. The highest BCUT2D eigenvalue weighted by atomic mass is 35.5. The third-order valence-electron chi connectivity index (χ3n) is 3.51.